The molecule has 0 heterocycles. The average molecular weight is 419 g/mol. The number of benzene rings is 4. The second kappa shape index (κ2) is 12.6. The van der Waals surface area contributed by atoms with E-state index in [-0.39, 0.29) is 6.17 Å². The van der Waals surface area contributed by atoms with Gasteiger partial charge in [-0.3, -0.25) is 14.8 Å². The van der Waals surface area contributed by atoms with Gasteiger partial charge < -0.3 is 0 Å². The molecule has 0 spiro atoms. The molecule has 0 aliphatic heterocycles. The van der Waals surface area contributed by atoms with E-state index in [4.69, 9.17) is 0 Å². The molecule has 0 radical (unpaired) electrons. The van der Waals surface area contributed by atoms with Gasteiger partial charge in [0.15, 0.2) is 6.17 Å². The Morgan fingerprint density at radius 2 is 1.03 bits per heavy atom. The molecule has 4 aromatic carbocycles. The Balaban J connectivity index is 0.000000269. The van der Waals surface area contributed by atoms with Crippen LogP contribution in [0.4, 0.5) is 0 Å². The Bertz CT molecular complexity index is 1090. The molecule has 4 rings (SSSR count). The van der Waals surface area contributed by atoms with E-state index < -0.39 is 0 Å². The number of aldehydes is 1. The first-order chi connectivity index (χ1) is 15.8. The lowest BCUT2D eigenvalue weighted by atomic mass is 10.1. The van der Waals surface area contributed by atoms with E-state index in [1.165, 1.54) is 0 Å². The van der Waals surface area contributed by atoms with Crippen molar-refractivity contribution in [2.45, 2.75) is 13.1 Å². The molecule has 158 valence electrons. The number of carbonyl (C=O) groups excluding carboxylic acids is 1. The van der Waals surface area contributed by atoms with Crippen LogP contribution >= 0.6 is 0 Å². The van der Waals surface area contributed by atoms with Crippen LogP contribution < -0.4 is 0 Å². The van der Waals surface area contributed by atoms with Crippen molar-refractivity contribution >= 4 is 18.7 Å². The Morgan fingerprint density at radius 1 is 0.594 bits per heavy atom. The summed E-state index contributed by atoms with van der Waals surface area (Å²) in [5.41, 5.74) is 5.03. The van der Waals surface area contributed by atoms with E-state index in [9.17, 15) is 4.79 Å². The zero-order valence-corrected chi connectivity index (χ0v) is 18.1. The first kappa shape index (κ1) is 22.6. The van der Waals surface area contributed by atoms with Crippen LogP contribution in [-0.4, -0.2) is 18.7 Å². The summed E-state index contributed by atoms with van der Waals surface area (Å²) >= 11 is 0. The molecule has 0 saturated carbocycles. The zero-order chi connectivity index (χ0) is 22.4. The zero-order valence-electron chi connectivity index (χ0n) is 18.1. The first-order valence-electron chi connectivity index (χ1n) is 10.5. The monoisotopic (exact) mass is 418 g/mol. The van der Waals surface area contributed by atoms with Crippen molar-refractivity contribution in [2.75, 3.05) is 0 Å². The first-order valence-corrected chi connectivity index (χ1v) is 10.5. The third-order valence-corrected chi connectivity index (χ3v) is 4.74. The van der Waals surface area contributed by atoms with Crippen molar-refractivity contribution in [3.63, 3.8) is 0 Å². The number of carbonyl (C=O) groups is 1. The lowest BCUT2D eigenvalue weighted by molar-refractivity contribution is 0.112. The van der Waals surface area contributed by atoms with Crippen LogP contribution in [0.2, 0.25) is 0 Å². The molecule has 0 atom stereocenters. The summed E-state index contributed by atoms with van der Waals surface area (Å²) in [6.07, 6.45) is 4.38. The van der Waals surface area contributed by atoms with Gasteiger partial charge in [0.25, 0.3) is 0 Å². The summed E-state index contributed by atoms with van der Waals surface area (Å²) in [7, 11) is 0. The van der Waals surface area contributed by atoms with E-state index in [1.54, 1.807) is 0 Å². The molecule has 0 bridgehead atoms. The van der Waals surface area contributed by atoms with E-state index in [2.05, 4.69) is 22.1 Å². The molecule has 32 heavy (non-hydrogen) atoms. The predicted octanol–water partition coefficient (Wildman–Crippen LogP) is 6.73. The molecule has 0 saturated heterocycles. The van der Waals surface area contributed by atoms with Gasteiger partial charge in [-0.25, -0.2) is 0 Å². The van der Waals surface area contributed by atoms with Gasteiger partial charge in [-0.1, -0.05) is 115 Å². The highest BCUT2D eigenvalue weighted by Crippen LogP contribution is 2.18. The molecular weight excluding hydrogens is 392 g/mol. The minimum absolute atomic E-state index is 0.239. The highest BCUT2D eigenvalue weighted by molar-refractivity contribution is 5.81. The highest BCUT2D eigenvalue weighted by atomic mass is 16.1. The fraction of sp³-hybridized carbons (Fsp3) is 0.0690. The van der Waals surface area contributed by atoms with Crippen LogP contribution in [0.15, 0.2) is 125 Å². The maximum absolute atomic E-state index is 10.2. The van der Waals surface area contributed by atoms with Crippen LogP contribution in [0.25, 0.3) is 0 Å². The number of aryl methyl sites for hydroxylation is 1. The molecule has 0 aromatic heterocycles. The van der Waals surface area contributed by atoms with Gasteiger partial charge in [-0.2, -0.15) is 0 Å². The second-order valence-electron chi connectivity index (χ2n) is 7.14. The molecule has 0 aliphatic carbocycles. The van der Waals surface area contributed by atoms with Gasteiger partial charge >= 0.3 is 0 Å². The summed E-state index contributed by atoms with van der Waals surface area (Å²) in [5.74, 6) is 0. The van der Waals surface area contributed by atoms with Crippen molar-refractivity contribution in [2.24, 2.45) is 9.98 Å². The highest BCUT2D eigenvalue weighted by Gasteiger charge is 2.05. The maximum atomic E-state index is 10.2. The van der Waals surface area contributed by atoms with Crippen molar-refractivity contribution in [3.05, 3.63) is 143 Å². The number of nitrogens with zero attached hydrogens (tertiary/aromatic N) is 2. The molecule has 0 amide bonds. The molecule has 0 aliphatic rings. The number of rotatable bonds is 6. The molecule has 0 N–H and O–H groups in total. The minimum Gasteiger partial charge on any atom is -0.298 e. The SMILES string of the molecule is C(=NC(N=Cc1ccccc1)c1ccccc1)c1ccccc1.Cc1ccccc1C=O. The number of hydrogen-bond donors (Lipinski definition) is 0. The Hall–Kier alpha value is -4.11. The van der Waals surface area contributed by atoms with Crippen LogP contribution in [-0.2, 0) is 0 Å². The number of aliphatic imine (C=N–C) groups is 2. The Labute approximate surface area is 189 Å². The summed E-state index contributed by atoms with van der Waals surface area (Å²) in [5, 5.41) is 0. The average Bonchev–Trinajstić information content (AvgIpc) is 2.86. The predicted molar refractivity (Wildman–Crippen MR) is 134 cm³/mol. The van der Waals surface area contributed by atoms with Crippen LogP contribution in [0.1, 0.15) is 38.8 Å². The third kappa shape index (κ3) is 7.29. The van der Waals surface area contributed by atoms with Crippen LogP contribution in [0.5, 0.6) is 0 Å². The van der Waals surface area contributed by atoms with E-state index in [0.717, 1.165) is 34.1 Å². The summed E-state index contributed by atoms with van der Waals surface area (Å²) in [4.78, 5) is 19.5. The topological polar surface area (TPSA) is 41.8 Å². The Kier molecular flexibility index (Phi) is 8.86. The fourth-order valence-electron chi connectivity index (χ4n) is 2.95. The molecular formula is C29H26N2O. The summed E-state index contributed by atoms with van der Waals surface area (Å²) in [6, 6.07) is 37.8. The second-order valence-corrected chi connectivity index (χ2v) is 7.14. The third-order valence-electron chi connectivity index (χ3n) is 4.74. The summed E-state index contributed by atoms with van der Waals surface area (Å²) in [6.45, 7) is 1.92. The quantitative estimate of drug-likeness (QED) is 0.253. The molecule has 3 nitrogen and oxygen atoms in total. The van der Waals surface area contributed by atoms with Crippen molar-refractivity contribution < 1.29 is 4.79 Å². The normalized spacial score (nSPS) is 11.7. The molecule has 0 unspecified atom stereocenters. The summed E-state index contributed by atoms with van der Waals surface area (Å²) < 4.78 is 0. The van der Waals surface area contributed by atoms with Gasteiger partial charge in [0.2, 0.25) is 0 Å². The maximum Gasteiger partial charge on any atom is 0.165 e. The van der Waals surface area contributed by atoms with Gasteiger partial charge in [-0.15, -0.1) is 0 Å². The largest absolute Gasteiger partial charge is 0.298 e. The van der Waals surface area contributed by atoms with Gasteiger partial charge in [0.1, 0.15) is 6.29 Å². The van der Waals surface area contributed by atoms with E-state index in [0.29, 0.717) is 0 Å². The molecule has 0 fully saturated rings. The molecule has 4 aromatic rings. The van der Waals surface area contributed by atoms with E-state index >= 15 is 0 Å². The van der Waals surface area contributed by atoms with Crippen LogP contribution in [0, 0.1) is 6.92 Å². The standard InChI is InChI=1S/C21H18N2.C8H8O/c1-4-10-18(11-5-1)16-22-21(20-14-8-3-9-15-20)23-17-19-12-6-2-7-13-19;1-7-4-2-3-5-8(7)6-9/h1-17,21H;2-6H,1H3. The fourth-order valence-corrected chi connectivity index (χ4v) is 2.95. The van der Waals surface area contributed by atoms with Crippen molar-refractivity contribution in [3.8, 4) is 0 Å². The van der Waals surface area contributed by atoms with Gasteiger partial charge in [-0.05, 0) is 29.2 Å². The lowest BCUT2D eigenvalue weighted by Gasteiger charge is -2.07. The van der Waals surface area contributed by atoms with Gasteiger partial charge in [0, 0.05) is 18.0 Å². The Morgan fingerprint density at radius 3 is 1.47 bits per heavy atom. The molecule has 3 heteroatoms. The van der Waals surface area contributed by atoms with Crippen LogP contribution in [0.3, 0.4) is 0 Å². The minimum atomic E-state index is -0.239. The number of hydrogen-bond acceptors (Lipinski definition) is 3. The van der Waals surface area contributed by atoms with Crippen molar-refractivity contribution in [1.29, 1.82) is 0 Å². The van der Waals surface area contributed by atoms with Gasteiger partial charge in [0.05, 0.1) is 0 Å². The smallest absolute Gasteiger partial charge is 0.165 e. The van der Waals surface area contributed by atoms with E-state index in [1.807, 2.05) is 122 Å². The lowest BCUT2D eigenvalue weighted by Crippen LogP contribution is -1.94. The van der Waals surface area contributed by atoms with Crippen molar-refractivity contribution in [1.82, 2.24) is 0 Å².